The molecule has 0 radical (unpaired) electrons. The summed E-state index contributed by atoms with van der Waals surface area (Å²) in [5.41, 5.74) is 3.20. The van der Waals surface area contributed by atoms with E-state index in [0.29, 0.717) is 16.3 Å². The van der Waals surface area contributed by atoms with Gasteiger partial charge in [-0.05, 0) is 82.1 Å². The molecule has 0 aliphatic heterocycles. The number of hydrogen-bond donors (Lipinski definition) is 2. The van der Waals surface area contributed by atoms with E-state index in [-0.39, 0.29) is 12.0 Å². The van der Waals surface area contributed by atoms with Crippen LogP contribution in [0.1, 0.15) is 42.3 Å². The van der Waals surface area contributed by atoms with Gasteiger partial charge in [-0.3, -0.25) is 4.79 Å². The van der Waals surface area contributed by atoms with Crippen molar-refractivity contribution in [2.75, 3.05) is 5.32 Å². The Kier molecular flexibility index (Phi) is 9.95. The molecular formula is C27H30ClNO5. The highest BCUT2D eigenvalue weighted by molar-refractivity contribution is 6.30. The number of aliphatic carboxylic acids is 1. The number of carboxylic acid groups (broad SMARTS) is 1. The van der Waals surface area contributed by atoms with Gasteiger partial charge >= 0.3 is 5.97 Å². The van der Waals surface area contributed by atoms with E-state index in [0.717, 1.165) is 22.6 Å². The van der Waals surface area contributed by atoms with E-state index >= 15 is 0 Å². The van der Waals surface area contributed by atoms with Crippen LogP contribution in [0, 0.1) is 13.8 Å². The Morgan fingerprint density at radius 2 is 1.59 bits per heavy atom. The summed E-state index contributed by atoms with van der Waals surface area (Å²) < 4.78 is 10.8. The molecule has 0 spiro atoms. The maximum atomic E-state index is 12.2. The summed E-state index contributed by atoms with van der Waals surface area (Å²) in [4.78, 5) is 22.7. The second kappa shape index (κ2) is 12.7. The summed E-state index contributed by atoms with van der Waals surface area (Å²) >= 11 is 5.74. The third kappa shape index (κ3) is 8.45. The Morgan fingerprint density at radius 1 is 0.882 bits per heavy atom. The van der Waals surface area contributed by atoms with Crippen LogP contribution in [0.5, 0.6) is 11.5 Å². The van der Waals surface area contributed by atoms with Gasteiger partial charge in [0.25, 0.3) is 5.91 Å². The molecule has 0 aliphatic rings. The molecule has 0 saturated carbocycles. The fourth-order valence-corrected chi connectivity index (χ4v) is 3.16. The number of aryl methyl sites for hydroxylation is 2. The van der Waals surface area contributed by atoms with E-state index < -0.39 is 12.1 Å². The molecule has 0 heterocycles. The number of hydrogen-bond acceptors (Lipinski definition) is 4. The second-order valence-corrected chi connectivity index (χ2v) is 8.41. The normalized spacial score (nSPS) is 11.1. The second-order valence-electron chi connectivity index (χ2n) is 7.97. The van der Waals surface area contributed by atoms with Gasteiger partial charge in [0.05, 0.1) is 6.10 Å². The van der Waals surface area contributed by atoms with E-state index in [1.165, 1.54) is 6.92 Å². The Bertz CT molecular complexity index is 1130. The lowest BCUT2D eigenvalue weighted by Crippen LogP contribution is -2.23. The maximum absolute atomic E-state index is 12.2. The lowest BCUT2D eigenvalue weighted by Gasteiger charge is -2.12. The molecule has 3 rings (SSSR count). The van der Waals surface area contributed by atoms with Gasteiger partial charge in [0.1, 0.15) is 11.5 Å². The average Bonchev–Trinajstić information content (AvgIpc) is 2.76. The van der Waals surface area contributed by atoms with Gasteiger partial charge in [-0.15, -0.1) is 0 Å². The maximum Gasteiger partial charge on any atom is 0.344 e. The smallest absolute Gasteiger partial charge is 0.344 e. The molecule has 0 saturated heterocycles. The quantitative estimate of drug-likeness (QED) is 0.398. The molecular weight excluding hydrogens is 454 g/mol. The van der Waals surface area contributed by atoms with Crippen molar-refractivity contribution in [3.63, 3.8) is 0 Å². The van der Waals surface area contributed by atoms with Crippen molar-refractivity contribution in [3.05, 3.63) is 88.4 Å². The molecule has 180 valence electrons. The molecule has 1 amide bonds. The number of halogens is 1. The van der Waals surface area contributed by atoms with Gasteiger partial charge < -0.3 is 19.9 Å². The molecule has 7 heteroatoms. The zero-order valence-electron chi connectivity index (χ0n) is 20.0. The van der Waals surface area contributed by atoms with Crippen LogP contribution in [0.25, 0.3) is 0 Å². The van der Waals surface area contributed by atoms with Crippen LogP contribution in [0.4, 0.5) is 5.69 Å². The summed E-state index contributed by atoms with van der Waals surface area (Å²) in [5, 5.41) is 12.1. The highest BCUT2D eigenvalue weighted by atomic mass is 35.5. The molecule has 2 N–H and O–H groups in total. The van der Waals surface area contributed by atoms with E-state index in [4.69, 9.17) is 26.2 Å². The zero-order valence-corrected chi connectivity index (χ0v) is 20.7. The largest absolute Gasteiger partial charge is 0.491 e. The van der Waals surface area contributed by atoms with Crippen LogP contribution >= 0.6 is 11.6 Å². The number of carboxylic acids is 1. The Balaban J connectivity index is 0.000000257. The molecule has 3 aromatic rings. The molecule has 6 nitrogen and oxygen atoms in total. The Labute approximate surface area is 205 Å². The summed E-state index contributed by atoms with van der Waals surface area (Å²) in [5.74, 6) is 0.205. The van der Waals surface area contributed by atoms with E-state index in [1.54, 1.807) is 18.2 Å². The number of rotatable bonds is 7. The average molecular weight is 484 g/mol. The number of ether oxygens (including phenoxy) is 2. The predicted molar refractivity (Wildman–Crippen MR) is 135 cm³/mol. The lowest BCUT2D eigenvalue weighted by molar-refractivity contribution is -0.144. The molecule has 0 aromatic heterocycles. The first-order chi connectivity index (χ1) is 16.1. The van der Waals surface area contributed by atoms with Gasteiger partial charge in [0.2, 0.25) is 0 Å². The fraction of sp³-hybridized carbons (Fsp3) is 0.259. The minimum absolute atomic E-state index is 0.107. The van der Waals surface area contributed by atoms with Crippen molar-refractivity contribution in [2.45, 2.75) is 46.8 Å². The van der Waals surface area contributed by atoms with Crippen LogP contribution in [-0.2, 0) is 4.79 Å². The first-order valence-corrected chi connectivity index (χ1v) is 11.2. The van der Waals surface area contributed by atoms with Crippen molar-refractivity contribution in [1.82, 2.24) is 0 Å². The van der Waals surface area contributed by atoms with Crippen molar-refractivity contribution in [2.24, 2.45) is 0 Å². The molecule has 1 unspecified atom stereocenters. The van der Waals surface area contributed by atoms with Crippen molar-refractivity contribution in [3.8, 4) is 11.5 Å². The van der Waals surface area contributed by atoms with Crippen LogP contribution in [0.3, 0.4) is 0 Å². The summed E-state index contributed by atoms with van der Waals surface area (Å²) in [7, 11) is 0. The number of nitrogens with one attached hydrogen (secondary N) is 1. The predicted octanol–water partition coefficient (Wildman–Crippen LogP) is 6.53. The summed E-state index contributed by atoms with van der Waals surface area (Å²) in [6, 6.07) is 20.0. The molecule has 34 heavy (non-hydrogen) atoms. The first kappa shape index (κ1) is 26.7. The van der Waals surface area contributed by atoms with Crippen LogP contribution < -0.4 is 14.8 Å². The van der Waals surface area contributed by atoms with Gasteiger partial charge in [-0.2, -0.15) is 0 Å². The van der Waals surface area contributed by atoms with Crippen LogP contribution in [0.15, 0.2) is 66.7 Å². The first-order valence-electron chi connectivity index (χ1n) is 10.9. The Hall–Kier alpha value is -3.51. The number of carbonyl (C=O) groups is 2. The molecule has 0 bridgehead atoms. The number of carbonyl (C=O) groups excluding carboxylic acids is 1. The summed E-state index contributed by atoms with van der Waals surface area (Å²) in [6.07, 6.45) is -0.743. The lowest BCUT2D eigenvalue weighted by atomic mass is 10.1. The number of anilines is 1. The monoisotopic (exact) mass is 483 g/mol. The van der Waals surface area contributed by atoms with Gasteiger partial charge in [0.15, 0.2) is 6.10 Å². The molecule has 0 aliphatic carbocycles. The highest BCUT2D eigenvalue weighted by Crippen LogP contribution is 2.23. The highest BCUT2D eigenvalue weighted by Gasteiger charge is 2.13. The third-order valence-electron chi connectivity index (χ3n) is 4.64. The minimum atomic E-state index is -0.987. The van der Waals surface area contributed by atoms with Gasteiger partial charge in [0, 0.05) is 22.3 Å². The molecule has 3 aromatic carbocycles. The Morgan fingerprint density at radius 3 is 2.21 bits per heavy atom. The topological polar surface area (TPSA) is 84.9 Å². The minimum Gasteiger partial charge on any atom is -0.491 e. The van der Waals surface area contributed by atoms with Crippen molar-refractivity contribution in [1.29, 1.82) is 0 Å². The van der Waals surface area contributed by atoms with Crippen molar-refractivity contribution >= 4 is 29.2 Å². The van der Waals surface area contributed by atoms with Crippen LogP contribution in [0.2, 0.25) is 5.02 Å². The third-order valence-corrected chi connectivity index (χ3v) is 4.88. The van der Waals surface area contributed by atoms with Crippen molar-refractivity contribution < 1.29 is 24.2 Å². The van der Waals surface area contributed by atoms with E-state index in [1.807, 2.05) is 76.2 Å². The number of benzene rings is 3. The number of amides is 1. The van der Waals surface area contributed by atoms with E-state index in [9.17, 15) is 9.59 Å². The summed E-state index contributed by atoms with van der Waals surface area (Å²) in [6.45, 7) is 9.16. The van der Waals surface area contributed by atoms with Gasteiger partial charge in [-0.1, -0.05) is 35.9 Å². The van der Waals surface area contributed by atoms with E-state index in [2.05, 4.69) is 5.32 Å². The zero-order chi connectivity index (χ0) is 25.3. The SMILES string of the molecule is Cc1cc(Cl)ccc1OC(C)C(=O)O.Cc1ccccc1C(=O)Nc1cccc(OC(C)C)c1. The van der Waals surface area contributed by atoms with Gasteiger partial charge in [-0.25, -0.2) is 4.79 Å². The standard InChI is InChI=1S/C17H19NO2.C10H11ClO3/c1-12(2)20-15-9-6-8-14(11-15)18-17(19)16-10-5-4-7-13(16)3;1-6-5-8(11)3-4-9(6)14-7(2)10(12)13/h4-12H,1-3H3,(H,18,19);3-5,7H,1-2H3,(H,12,13). The fourth-order valence-electron chi connectivity index (χ4n) is 2.93. The molecule has 1 atom stereocenters. The van der Waals surface area contributed by atoms with Crippen LogP contribution in [-0.4, -0.2) is 29.2 Å². The molecule has 0 fully saturated rings.